The van der Waals surface area contributed by atoms with Gasteiger partial charge in [-0.15, -0.1) is 26.9 Å². The Morgan fingerprint density at radius 2 is 0.324 bits per heavy atom. The Balaban J connectivity index is 4.86. The predicted octanol–water partition coefficient (Wildman–Crippen LogP) is 0.966. The van der Waals surface area contributed by atoms with Crippen LogP contribution in [0.5, 0.6) is 0 Å². The maximum absolute atomic E-state index is 13.1. The average molecular weight is 1750 g/mol. The van der Waals surface area contributed by atoms with Gasteiger partial charge in [-0.05, 0) is 0 Å². The van der Waals surface area contributed by atoms with Gasteiger partial charge in [0.2, 0.25) is 0 Å². The SMILES string of the molecule is O=P(O)(O)OCC(CNF)COP(=O)(O)OCCOP(=O)(O)OCC(CNF)COP(=O)(O)OCCOP(=O)(O)OCC(CNF)COP(=O)(O)OCCOP(=O)(O)OCC(CNF)COP(=O)(O)OCCOP(=O)(O)OCC(CNF)COP(=O)(O)OCCOP(=O)(O)OCC(CO)CNF. The van der Waals surface area contributed by atoms with E-state index < -0.39 is 306 Å². The van der Waals surface area contributed by atoms with Crippen molar-refractivity contribution in [2.45, 2.75) is 0 Å². The number of nitrogens with one attached hydrogen (secondary N) is 6. The molecule has 0 aromatic heterocycles. The van der Waals surface area contributed by atoms with Gasteiger partial charge in [-0.3, -0.25) is 95.0 Å². The maximum atomic E-state index is 13.1. The van der Waals surface area contributed by atoms with Crippen LogP contribution >= 0.6 is 86.0 Å². The number of rotatable bonds is 71. The van der Waals surface area contributed by atoms with Gasteiger partial charge in [0, 0.05) is 81.4 Å². The van der Waals surface area contributed by atoms with Crippen molar-refractivity contribution in [1.82, 2.24) is 33.2 Å². The second-order valence-corrected chi connectivity index (χ2v) is 34.9. The molecule has 0 aliphatic heterocycles. The maximum Gasteiger partial charge on any atom is 0.472 e. The van der Waals surface area contributed by atoms with Crippen molar-refractivity contribution in [3.8, 4) is 0 Å². The lowest BCUT2D eigenvalue weighted by atomic mass is 10.2. The van der Waals surface area contributed by atoms with E-state index in [1.165, 1.54) is 5.54 Å². The molecule has 0 saturated carbocycles. The largest absolute Gasteiger partial charge is 0.472 e. The molecule has 0 fully saturated rings. The zero-order chi connectivity index (χ0) is 77.9. The number of phosphoric ester groups is 11. The Bertz CT molecular complexity index is 2870. The number of hydrogen-bond donors (Lipinski definition) is 19. The van der Waals surface area contributed by atoms with Crippen molar-refractivity contribution < 1.29 is 236 Å². The Hall–Kier alpha value is 0.510. The summed E-state index contributed by atoms with van der Waals surface area (Å²) in [7, 11) is -56.0. The number of aliphatic hydroxyl groups is 1. The van der Waals surface area contributed by atoms with Gasteiger partial charge in [0.15, 0.2) is 0 Å². The molecule has 0 aliphatic rings. The molecular formula is C34H81F6N6O45P11. The molecule has 19 N–H and O–H groups in total. The van der Waals surface area contributed by atoms with Crippen molar-refractivity contribution in [1.29, 1.82) is 0 Å². The highest BCUT2D eigenvalue weighted by molar-refractivity contribution is 7.50. The summed E-state index contributed by atoms with van der Waals surface area (Å²) in [6, 6.07) is 0. The van der Waals surface area contributed by atoms with Gasteiger partial charge in [0.1, 0.15) is 0 Å². The third-order valence-corrected chi connectivity index (χ3v) is 21.0. The van der Waals surface area contributed by atoms with Crippen molar-refractivity contribution in [3.05, 3.63) is 0 Å². The van der Waals surface area contributed by atoms with E-state index in [1.54, 1.807) is 0 Å². The summed E-state index contributed by atoms with van der Waals surface area (Å²) >= 11 is 0. The van der Waals surface area contributed by atoms with Crippen LogP contribution < -0.4 is 33.2 Å². The molecule has 0 aromatic carbocycles. The molecule has 68 heteroatoms. The van der Waals surface area contributed by atoms with E-state index >= 15 is 0 Å². The zero-order valence-electron chi connectivity index (χ0n) is 52.3. The molecule has 0 bridgehead atoms. The van der Waals surface area contributed by atoms with Crippen LogP contribution in [0.3, 0.4) is 0 Å². The van der Waals surface area contributed by atoms with Crippen LogP contribution in [-0.2, 0) is 145 Å². The fraction of sp³-hybridized carbons (Fsp3) is 1.00. The molecule has 614 valence electrons. The molecule has 0 amide bonds. The van der Waals surface area contributed by atoms with E-state index in [1.807, 2.05) is 0 Å². The van der Waals surface area contributed by atoms with Gasteiger partial charge < -0.3 is 63.8 Å². The molecule has 16 unspecified atom stereocenters. The molecule has 0 saturated heterocycles. The van der Waals surface area contributed by atoms with Gasteiger partial charge in [0.25, 0.3) is 0 Å². The summed E-state index contributed by atoms with van der Waals surface area (Å²) in [6.45, 7) is -24.8. The predicted molar refractivity (Wildman–Crippen MR) is 318 cm³/mol. The fourth-order valence-corrected chi connectivity index (χ4v) is 14.0. The summed E-state index contributed by atoms with van der Waals surface area (Å²) < 4.78 is 306. The first kappa shape index (κ1) is 103. The second-order valence-electron chi connectivity index (χ2n) is 19.2. The molecule has 0 aliphatic carbocycles. The smallest absolute Gasteiger partial charge is 0.396 e. The molecule has 0 heterocycles. The Morgan fingerprint density at radius 1 is 0.206 bits per heavy atom. The Labute approximate surface area is 573 Å². The third kappa shape index (κ3) is 57.5. The molecule has 16 atom stereocenters. The van der Waals surface area contributed by atoms with Crippen LogP contribution in [0.25, 0.3) is 0 Å². The molecular weight excluding hydrogens is 1670 g/mol. The summed E-state index contributed by atoms with van der Waals surface area (Å²) in [5, 5.41) is 9.06. The van der Waals surface area contributed by atoms with Crippen LogP contribution in [-0.4, -0.2) is 248 Å². The number of hydrogen-bond acceptors (Lipinski definition) is 39. The van der Waals surface area contributed by atoms with Crippen LogP contribution in [0.2, 0.25) is 0 Å². The fourth-order valence-electron chi connectivity index (χ4n) is 5.76. The van der Waals surface area contributed by atoms with Gasteiger partial charge >= 0.3 is 86.0 Å². The first-order valence-electron chi connectivity index (χ1n) is 27.7. The molecule has 0 radical (unpaired) electrons. The molecule has 51 nitrogen and oxygen atoms in total. The van der Waals surface area contributed by atoms with E-state index in [4.69, 9.17) is 14.9 Å². The minimum absolute atomic E-state index is 0.444. The lowest BCUT2D eigenvalue weighted by Gasteiger charge is -2.21. The summed E-state index contributed by atoms with van der Waals surface area (Å²) in [4.78, 5) is 117. The van der Waals surface area contributed by atoms with Crippen molar-refractivity contribution in [2.24, 2.45) is 35.5 Å². The molecule has 102 heavy (non-hydrogen) atoms. The highest BCUT2D eigenvalue weighted by atomic mass is 31.2. The van der Waals surface area contributed by atoms with Gasteiger partial charge in [0.05, 0.1) is 139 Å². The van der Waals surface area contributed by atoms with E-state index in [9.17, 15) is 126 Å². The van der Waals surface area contributed by atoms with Gasteiger partial charge in [-0.2, -0.15) is 33.2 Å². The summed E-state index contributed by atoms with van der Waals surface area (Å²) in [5.74, 6) is -7.77. The van der Waals surface area contributed by atoms with Crippen molar-refractivity contribution >= 4 is 86.0 Å². The van der Waals surface area contributed by atoms with E-state index in [-0.39, 0.29) is 0 Å². The number of aliphatic hydroxyl groups excluding tert-OH is 1. The van der Waals surface area contributed by atoms with Crippen LogP contribution in [0.4, 0.5) is 26.9 Å². The topological polar surface area (TPSA) is 717 Å². The van der Waals surface area contributed by atoms with Crippen LogP contribution in [0.1, 0.15) is 0 Å². The number of phosphoric acid groups is 11. The minimum Gasteiger partial charge on any atom is -0.396 e. The lowest BCUT2D eigenvalue weighted by molar-refractivity contribution is 0.0598. The Morgan fingerprint density at radius 3 is 0.441 bits per heavy atom. The molecule has 0 rings (SSSR count). The average Bonchev–Trinajstić information content (AvgIpc) is 0.922. The van der Waals surface area contributed by atoms with Crippen molar-refractivity contribution in [3.63, 3.8) is 0 Å². The quantitative estimate of drug-likeness (QED) is 0.0175. The molecule has 0 aromatic rings. The van der Waals surface area contributed by atoms with Crippen molar-refractivity contribution in [2.75, 3.05) is 185 Å². The molecule has 0 spiro atoms. The lowest BCUT2D eigenvalue weighted by Crippen LogP contribution is -2.25. The first-order chi connectivity index (χ1) is 47.2. The highest BCUT2D eigenvalue weighted by Gasteiger charge is 2.35. The Kier molecular flexibility index (Phi) is 53.0. The highest BCUT2D eigenvalue weighted by Crippen LogP contribution is 2.52. The van der Waals surface area contributed by atoms with E-state index in [2.05, 4.69) is 95.0 Å². The number of halogens is 6. The van der Waals surface area contributed by atoms with Gasteiger partial charge in [-0.1, -0.05) is 0 Å². The summed E-state index contributed by atoms with van der Waals surface area (Å²) in [6.07, 6.45) is 0. The van der Waals surface area contributed by atoms with E-state index in [0.29, 0.717) is 0 Å². The second kappa shape index (κ2) is 52.7. The normalized spacial score (nSPS) is 20.3. The summed E-state index contributed by atoms with van der Waals surface area (Å²) in [5.41, 5.74) is 6.84. The van der Waals surface area contributed by atoms with Gasteiger partial charge in [-0.25, -0.2) is 50.2 Å². The van der Waals surface area contributed by atoms with E-state index in [0.717, 1.165) is 27.7 Å². The third-order valence-electron chi connectivity index (χ3n) is 10.6. The monoisotopic (exact) mass is 1750 g/mol. The van der Waals surface area contributed by atoms with Crippen LogP contribution in [0.15, 0.2) is 0 Å². The standard InChI is InChI=1S/C34H81F6N6O45P11/c35-41-11-29(17-47)18-82-93(51,52)71-1-2-73-95(55,56)84-21-31(13-43-37)22-86-97(59,60)75-5-6-77-99(63,64)88-25-33(15-45-39)26-90-101(67,68)79-9-10-80-102(69,70)91-28-34(16-46-40)27-89-100(65,66)78-8-7-76-98(61,62)87-24-32(14-44-38)23-85-96(57,58)74-4-3-72-94(53,54)83-20-30(12-42-36)19-81-92(48,49)50/h29-34,41-47H,1-28H2,(H,51,52)(H,53,54)(H,55,56)(H,57,58)(H,59,60)(H,61,62)(H,63,64)(H,65,66)(H,67,68)(H,69,70)(H2,48,49,50). The minimum atomic E-state index is -5.19. The zero-order valence-corrected chi connectivity index (χ0v) is 62.2. The first-order valence-corrected chi connectivity index (χ1v) is 44.2. The van der Waals surface area contributed by atoms with Crippen LogP contribution in [0, 0.1) is 35.5 Å².